The molecule has 1 amide bonds. The van der Waals surface area contributed by atoms with E-state index >= 15 is 0 Å². The van der Waals surface area contributed by atoms with Crippen LogP contribution in [0.2, 0.25) is 0 Å². The standard InChI is InChI=1S/C16H21NO3/c1-10(2)6-7-14(18)17-20-16(19)15-12(4)8-11(3)9-13(15)5/h8-9H,1,6-7H2,2-5H3,(H,17,18). The van der Waals surface area contributed by atoms with E-state index in [1.165, 1.54) is 0 Å². The maximum atomic E-state index is 12.0. The monoisotopic (exact) mass is 275 g/mol. The number of benzene rings is 1. The van der Waals surface area contributed by atoms with Crippen LogP contribution in [-0.2, 0) is 9.63 Å². The van der Waals surface area contributed by atoms with Crippen LogP contribution in [-0.4, -0.2) is 11.9 Å². The Labute approximate surface area is 119 Å². The molecule has 0 fully saturated rings. The fourth-order valence-corrected chi connectivity index (χ4v) is 2.03. The van der Waals surface area contributed by atoms with Gasteiger partial charge in [-0.2, -0.15) is 5.48 Å². The van der Waals surface area contributed by atoms with Gasteiger partial charge in [0.25, 0.3) is 5.91 Å². The van der Waals surface area contributed by atoms with Crippen molar-refractivity contribution in [1.82, 2.24) is 5.48 Å². The number of amides is 1. The number of rotatable bonds is 4. The van der Waals surface area contributed by atoms with E-state index in [2.05, 4.69) is 12.1 Å². The third-order valence-electron chi connectivity index (χ3n) is 2.92. The van der Waals surface area contributed by atoms with E-state index in [4.69, 9.17) is 4.84 Å². The zero-order chi connectivity index (χ0) is 15.3. The highest BCUT2D eigenvalue weighted by molar-refractivity contribution is 5.93. The summed E-state index contributed by atoms with van der Waals surface area (Å²) < 4.78 is 0. The van der Waals surface area contributed by atoms with Crippen LogP contribution in [0.5, 0.6) is 0 Å². The van der Waals surface area contributed by atoms with Crippen molar-refractivity contribution in [3.05, 3.63) is 46.5 Å². The molecule has 0 atom stereocenters. The molecule has 0 aliphatic carbocycles. The van der Waals surface area contributed by atoms with Crippen LogP contribution in [0.3, 0.4) is 0 Å². The van der Waals surface area contributed by atoms with E-state index < -0.39 is 5.97 Å². The van der Waals surface area contributed by atoms with E-state index in [9.17, 15) is 9.59 Å². The Morgan fingerprint density at radius 1 is 1.15 bits per heavy atom. The Morgan fingerprint density at radius 3 is 2.20 bits per heavy atom. The first kappa shape index (κ1) is 16.0. The number of hydrogen-bond donors (Lipinski definition) is 1. The first-order valence-electron chi connectivity index (χ1n) is 6.53. The van der Waals surface area contributed by atoms with Gasteiger partial charge in [0, 0.05) is 6.42 Å². The summed E-state index contributed by atoms with van der Waals surface area (Å²) in [6, 6.07) is 3.82. The Hall–Kier alpha value is -2.10. The molecule has 0 bridgehead atoms. The van der Waals surface area contributed by atoms with Crippen molar-refractivity contribution in [3.8, 4) is 0 Å². The Balaban J connectivity index is 2.64. The smallest absolute Gasteiger partial charge is 0.335 e. The molecule has 4 nitrogen and oxygen atoms in total. The second-order valence-electron chi connectivity index (χ2n) is 5.15. The predicted octanol–water partition coefficient (Wildman–Crippen LogP) is 3.16. The Morgan fingerprint density at radius 2 is 1.70 bits per heavy atom. The van der Waals surface area contributed by atoms with Crippen LogP contribution in [0.15, 0.2) is 24.3 Å². The molecular weight excluding hydrogens is 254 g/mol. The largest absolute Gasteiger partial charge is 0.363 e. The fraction of sp³-hybridized carbons (Fsp3) is 0.375. The molecule has 108 valence electrons. The second kappa shape index (κ2) is 6.89. The summed E-state index contributed by atoms with van der Waals surface area (Å²) in [6.07, 6.45) is 0.834. The molecule has 1 rings (SSSR count). The minimum absolute atomic E-state index is 0.258. The molecule has 0 aromatic heterocycles. The molecule has 20 heavy (non-hydrogen) atoms. The number of carbonyl (C=O) groups excluding carboxylic acids is 2. The van der Waals surface area contributed by atoms with E-state index in [0.717, 1.165) is 22.3 Å². The maximum absolute atomic E-state index is 12.0. The number of nitrogens with one attached hydrogen (secondary N) is 1. The number of hydroxylamine groups is 1. The van der Waals surface area contributed by atoms with E-state index in [-0.39, 0.29) is 12.3 Å². The van der Waals surface area contributed by atoms with Crippen LogP contribution < -0.4 is 5.48 Å². The maximum Gasteiger partial charge on any atom is 0.363 e. The highest BCUT2D eigenvalue weighted by atomic mass is 16.7. The van der Waals surface area contributed by atoms with Crippen molar-refractivity contribution in [2.75, 3.05) is 0 Å². The van der Waals surface area contributed by atoms with Crippen LogP contribution in [0.25, 0.3) is 0 Å². The third kappa shape index (κ3) is 4.53. The molecule has 1 N–H and O–H groups in total. The number of hydrogen-bond acceptors (Lipinski definition) is 3. The highest BCUT2D eigenvalue weighted by Gasteiger charge is 2.15. The van der Waals surface area contributed by atoms with Gasteiger partial charge >= 0.3 is 5.97 Å². The molecule has 0 saturated heterocycles. The lowest BCUT2D eigenvalue weighted by atomic mass is 10.0. The lowest BCUT2D eigenvalue weighted by Crippen LogP contribution is -2.27. The highest BCUT2D eigenvalue weighted by Crippen LogP contribution is 2.17. The van der Waals surface area contributed by atoms with Crippen molar-refractivity contribution >= 4 is 11.9 Å². The molecule has 0 radical (unpaired) electrons. The predicted molar refractivity (Wildman–Crippen MR) is 78.3 cm³/mol. The molecule has 0 aliphatic rings. The first-order valence-corrected chi connectivity index (χ1v) is 6.53. The summed E-state index contributed by atoms with van der Waals surface area (Å²) in [5.74, 6) is -0.868. The van der Waals surface area contributed by atoms with Gasteiger partial charge in [-0.15, -0.1) is 6.58 Å². The summed E-state index contributed by atoms with van der Waals surface area (Å²) in [5.41, 5.74) is 6.34. The SMILES string of the molecule is C=C(C)CCC(=O)NOC(=O)c1c(C)cc(C)cc1C. The van der Waals surface area contributed by atoms with Crippen LogP contribution >= 0.6 is 0 Å². The lowest BCUT2D eigenvalue weighted by molar-refractivity contribution is -0.129. The van der Waals surface area contributed by atoms with Gasteiger partial charge in [-0.25, -0.2) is 4.79 Å². The van der Waals surface area contributed by atoms with Crippen molar-refractivity contribution < 1.29 is 14.4 Å². The quantitative estimate of drug-likeness (QED) is 0.678. The Kier molecular flexibility index (Phi) is 5.50. The Bertz CT molecular complexity index is 524. The summed E-state index contributed by atoms with van der Waals surface area (Å²) in [5, 5.41) is 0. The second-order valence-corrected chi connectivity index (χ2v) is 5.15. The van der Waals surface area contributed by atoms with E-state index in [1.807, 2.05) is 39.8 Å². The molecule has 0 unspecified atom stereocenters. The van der Waals surface area contributed by atoms with Crippen molar-refractivity contribution in [2.24, 2.45) is 0 Å². The molecule has 0 spiro atoms. The fourth-order valence-electron chi connectivity index (χ4n) is 2.03. The van der Waals surface area contributed by atoms with Gasteiger partial charge in [-0.3, -0.25) is 4.79 Å². The summed E-state index contributed by atoms with van der Waals surface area (Å²) in [6.45, 7) is 11.2. The minimum Gasteiger partial charge on any atom is -0.335 e. The zero-order valence-corrected chi connectivity index (χ0v) is 12.5. The first-order chi connectivity index (χ1) is 9.31. The average molecular weight is 275 g/mol. The van der Waals surface area contributed by atoms with Crippen molar-refractivity contribution in [3.63, 3.8) is 0 Å². The normalized spacial score (nSPS) is 10.0. The summed E-state index contributed by atoms with van der Waals surface area (Å²) in [4.78, 5) is 28.3. The van der Waals surface area contributed by atoms with Gasteiger partial charge in [0.15, 0.2) is 0 Å². The zero-order valence-electron chi connectivity index (χ0n) is 12.5. The van der Waals surface area contributed by atoms with Crippen LogP contribution in [0.4, 0.5) is 0 Å². The van der Waals surface area contributed by atoms with Gasteiger partial charge in [-0.05, 0) is 45.2 Å². The summed E-state index contributed by atoms with van der Waals surface area (Å²) in [7, 11) is 0. The molecular formula is C16H21NO3. The number of aryl methyl sites for hydroxylation is 3. The van der Waals surface area contributed by atoms with Gasteiger partial charge < -0.3 is 4.84 Å². The van der Waals surface area contributed by atoms with E-state index in [1.54, 1.807) is 0 Å². The number of carbonyl (C=O) groups is 2. The molecule has 1 aromatic rings. The molecule has 0 aliphatic heterocycles. The third-order valence-corrected chi connectivity index (χ3v) is 2.92. The van der Waals surface area contributed by atoms with Gasteiger partial charge in [0.05, 0.1) is 5.56 Å². The van der Waals surface area contributed by atoms with Gasteiger partial charge in [0.2, 0.25) is 0 Å². The molecule has 0 heterocycles. The van der Waals surface area contributed by atoms with E-state index in [0.29, 0.717) is 12.0 Å². The number of allylic oxidation sites excluding steroid dienone is 1. The van der Waals surface area contributed by atoms with Crippen LogP contribution in [0, 0.1) is 20.8 Å². The van der Waals surface area contributed by atoms with Crippen molar-refractivity contribution in [2.45, 2.75) is 40.5 Å². The minimum atomic E-state index is -0.538. The topological polar surface area (TPSA) is 55.4 Å². The van der Waals surface area contributed by atoms with Crippen LogP contribution in [0.1, 0.15) is 46.8 Å². The molecule has 1 aromatic carbocycles. The van der Waals surface area contributed by atoms with Crippen molar-refractivity contribution in [1.29, 1.82) is 0 Å². The molecule has 4 heteroatoms. The average Bonchev–Trinajstić information content (AvgIpc) is 2.32. The molecule has 0 saturated carbocycles. The summed E-state index contributed by atoms with van der Waals surface area (Å²) >= 11 is 0. The van der Waals surface area contributed by atoms with Gasteiger partial charge in [0.1, 0.15) is 0 Å². The lowest BCUT2D eigenvalue weighted by Gasteiger charge is -2.11. The van der Waals surface area contributed by atoms with Gasteiger partial charge in [-0.1, -0.05) is 23.3 Å².